The summed E-state index contributed by atoms with van der Waals surface area (Å²) in [5.74, 6) is -0.240. The normalized spacial score (nSPS) is 19.1. The maximum Gasteiger partial charge on any atom is 0.123 e. The van der Waals surface area contributed by atoms with E-state index in [9.17, 15) is 4.39 Å². The van der Waals surface area contributed by atoms with Gasteiger partial charge in [-0.1, -0.05) is 0 Å². The van der Waals surface area contributed by atoms with Crippen molar-refractivity contribution in [3.05, 3.63) is 47.5 Å². The molecule has 0 saturated carbocycles. The number of fused-ring (bicyclic) bond motifs is 1. The minimum absolute atomic E-state index is 0.0219. The van der Waals surface area contributed by atoms with Crippen LogP contribution >= 0.6 is 12.6 Å². The Morgan fingerprint density at radius 1 is 1.35 bits per heavy atom. The predicted molar refractivity (Wildman–Crippen MR) is 67.0 cm³/mol. The van der Waals surface area contributed by atoms with Gasteiger partial charge in [0.1, 0.15) is 5.82 Å². The largest absolute Gasteiger partial charge is 0.300 e. The van der Waals surface area contributed by atoms with Crippen molar-refractivity contribution in [3.63, 3.8) is 0 Å². The molecule has 88 valence electrons. The minimum atomic E-state index is -0.240. The lowest BCUT2D eigenvalue weighted by molar-refractivity contribution is 0.602. The predicted octanol–water partition coefficient (Wildman–Crippen LogP) is 2.09. The van der Waals surface area contributed by atoms with Crippen molar-refractivity contribution in [2.45, 2.75) is 11.8 Å². The van der Waals surface area contributed by atoms with Gasteiger partial charge in [0, 0.05) is 6.54 Å². The highest BCUT2D eigenvalue weighted by Gasteiger charge is 2.22. The van der Waals surface area contributed by atoms with E-state index in [0.29, 0.717) is 0 Å². The molecule has 1 aromatic carbocycles. The fraction of sp³-hybridized carbons (Fsp3) is 0.250. The molecular weight excluding hydrogens is 237 g/mol. The van der Waals surface area contributed by atoms with Crippen LogP contribution in [0.2, 0.25) is 0 Å². The van der Waals surface area contributed by atoms with Crippen molar-refractivity contribution in [3.8, 4) is 5.69 Å². The third-order valence-electron chi connectivity index (χ3n) is 2.95. The first-order chi connectivity index (χ1) is 8.25. The molecule has 2 heterocycles. The first-order valence-electron chi connectivity index (χ1n) is 5.50. The number of nitrogens with one attached hydrogen (secondary N) is 1. The molecule has 1 unspecified atom stereocenters. The highest BCUT2D eigenvalue weighted by Crippen LogP contribution is 2.27. The lowest BCUT2D eigenvalue weighted by Gasteiger charge is -2.21. The van der Waals surface area contributed by atoms with Crippen LogP contribution in [-0.2, 0) is 6.42 Å². The van der Waals surface area contributed by atoms with Gasteiger partial charge >= 0.3 is 0 Å². The molecule has 0 aliphatic carbocycles. The van der Waals surface area contributed by atoms with Gasteiger partial charge < -0.3 is 5.32 Å². The molecule has 1 aromatic heterocycles. The van der Waals surface area contributed by atoms with E-state index in [-0.39, 0.29) is 11.2 Å². The molecule has 1 N–H and O–H groups in total. The zero-order valence-electron chi connectivity index (χ0n) is 9.10. The minimum Gasteiger partial charge on any atom is -0.300 e. The molecule has 0 amide bonds. The molecule has 3 nitrogen and oxygen atoms in total. The van der Waals surface area contributed by atoms with E-state index in [1.165, 1.54) is 17.7 Å². The summed E-state index contributed by atoms with van der Waals surface area (Å²) in [5.41, 5.74) is 3.11. The molecule has 17 heavy (non-hydrogen) atoms. The van der Waals surface area contributed by atoms with Gasteiger partial charge in [0.2, 0.25) is 0 Å². The summed E-state index contributed by atoms with van der Waals surface area (Å²) in [6.07, 6.45) is 2.82. The summed E-state index contributed by atoms with van der Waals surface area (Å²) < 4.78 is 14.7. The first kappa shape index (κ1) is 10.8. The van der Waals surface area contributed by atoms with E-state index >= 15 is 0 Å². The van der Waals surface area contributed by atoms with Crippen LogP contribution in [0.25, 0.3) is 5.69 Å². The van der Waals surface area contributed by atoms with Crippen molar-refractivity contribution in [2.24, 2.45) is 0 Å². The summed E-state index contributed by atoms with van der Waals surface area (Å²) in [7, 11) is 0. The number of hydrogen-bond donors (Lipinski definition) is 2. The Kier molecular flexibility index (Phi) is 2.64. The SMILES string of the molecule is Fc1ccc(-n2ncc3c2C(S)NCC3)cc1. The standard InChI is InChI=1S/C12H12FN3S/c13-9-1-3-10(4-2-9)16-11-8(7-15-16)5-6-14-12(11)17/h1-4,7,12,14,17H,5-6H2. The average Bonchev–Trinajstić information content (AvgIpc) is 2.75. The highest BCUT2D eigenvalue weighted by molar-refractivity contribution is 7.80. The second-order valence-electron chi connectivity index (χ2n) is 4.05. The zero-order chi connectivity index (χ0) is 11.8. The van der Waals surface area contributed by atoms with E-state index in [2.05, 4.69) is 23.0 Å². The Hall–Kier alpha value is -1.33. The molecule has 5 heteroatoms. The molecule has 1 atom stereocenters. The van der Waals surface area contributed by atoms with Crippen LogP contribution in [0.4, 0.5) is 4.39 Å². The molecule has 0 spiro atoms. The van der Waals surface area contributed by atoms with Crippen LogP contribution in [0, 0.1) is 5.82 Å². The number of aromatic nitrogens is 2. The Morgan fingerprint density at radius 2 is 2.12 bits per heavy atom. The van der Waals surface area contributed by atoms with Crippen molar-refractivity contribution in [1.29, 1.82) is 0 Å². The molecule has 0 fully saturated rings. The van der Waals surface area contributed by atoms with E-state index in [4.69, 9.17) is 0 Å². The maximum atomic E-state index is 12.9. The van der Waals surface area contributed by atoms with Crippen molar-refractivity contribution in [2.75, 3.05) is 6.54 Å². The third kappa shape index (κ3) is 1.85. The van der Waals surface area contributed by atoms with Crippen molar-refractivity contribution in [1.82, 2.24) is 15.1 Å². The highest BCUT2D eigenvalue weighted by atomic mass is 32.1. The number of halogens is 1. The van der Waals surface area contributed by atoms with Crippen LogP contribution in [0.15, 0.2) is 30.5 Å². The van der Waals surface area contributed by atoms with Gasteiger partial charge in [0.25, 0.3) is 0 Å². The molecule has 0 radical (unpaired) electrons. The quantitative estimate of drug-likeness (QED) is 0.758. The van der Waals surface area contributed by atoms with E-state index in [0.717, 1.165) is 24.3 Å². The number of hydrogen-bond acceptors (Lipinski definition) is 3. The second-order valence-corrected chi connectivity index (χ2v) is 4.57. The smallest absolute Gasteiger partial charge is 0.123 e. The van der Waals surface area contributed by atoms with Gasteiger partial charge in [-0.05, 0) is 36.2 Å². The van der Waals surface area contributed by atoms with Gasteiger partial charge in [0.15, 0.2) is 0 Å². The first-order valence-corrected chi connectivity index (χ1v) is 6.01. The summed E-state index contributed by atoms with van der Waals surface area (Å²) in [6.45, 7) is 0.913. The van der Waals surface area contributed by atoms with Crippen molar-refractivity contribution >= 4 is 12.6 Å². The Balaban J connectivity index is 2.09. The number of rotatable bonds is 1. The summed E-state index contributed by atoms with van der Waals surface area (Å²) in [5, 5.41) is 7.61. The van der Waals surface area contributed by atoms with E-state index in [1.807, 2.05) is 10.9 Å². The third-order valence-corrected chi connectivity index (χ3v) is 3.38. The summed E-state index contributed by atoms with van der Waals surface area (Å²) >= 11 is 4.50. The van der Waals surface area contributed by atoms with Gasteiger partial charge in [-0.2, -0.15) is 17.7 Å². The monoisotopic (exact) mass is 249 g/mol. The van der Waals surface area contributed by atoms with Crippen LogP contribution in [-0.4, -0.2) is 16.3 Å². The molecule has 3 rings (SSSR count). The molecule has 0 bridgehead atoms. The van der Waals surface area contributed by atoms with E-state index in [1.54, 1.807) is 12.1 Å². The van der Waals surface area contributed by atoms with Crippen molar-refractivity contribution < 1.29 is 4.39 Å². The molecule has 2 aromatic rings. The van der Waals surface area contributed by atoms with E-state index < -0.39 is 0 Å². The average molecular weight is 249 g/mol. The number of thiol groups is 1. The summed E-state index contributed by atoms with van der Waals surface area (Å²) in [4.78, 5) is 0. The van der Waals surface area contributed by atoms with Gasteiger partial charge in [-0.15, -0.1) is 0 Å². The van der Waals surface area contributed by atoms with Gasteiger partial charge in [-0.3, -0.25) is 0 Å². The molecular formula is C12H12FN3S. The van der Waals surface area contributed by atoms with Crippen LogP contribution in [0.1, 0.15) is 16.6 Å². The fourth-order valence-electron chi connectivity index (χ4n) is 2.10. The van der Waals surface area contributed by atoms with Crippen LogP contribution in [0.5, 0.6) is 0 Å². The zero-order valence-corrected chi connectivity index (χ0v) is 9.99. The van der Waals surface area contributed by atoms with Gasteiger partial charge in [0.05, 0.1) is 23.0 Å². The Morgan fingerprint density at radius 3 is 2.88 bits per heavy atom. The Bertz CT molecular complexity index is 535. The lowest BCUT2D eigenvalue weighted by atomic mass is 10.1. The summed E-state index contributed by atoms with van der Waals surface area (Å²) in [6, 6.07) is 6.32. The molecule has 1 aliphatic heterocycles. The maximum absolute atomic E-state index is 12.9. The van der Waals surface area contributed by atoms with Crippen LogP contribution in [0.3, 0.4) is 0 Å². The number of nitrogens with zero attached hydrogens (tertiary/aromatic N) is 2. The molecule has 0 saturated heterocycles. The molecule has 1 aliphatic rings. The number of benzene rings is 1. The Labute approximate surface area is 104 Å². The lowest BCUT2D eigenvalue weighted by Crippen LogP contribution is -2.27. The second kappa shape index (κ2) is 4.16. The fourth-order valence-corrected chi connectivity index (χ4v) is 2.51. The van der Waals surface area contributed by atoms with Gasteiger partial charge in [-0.25, -0.2) is 9.07 Å². The topological polar surface area (TPSA) is 29.9 Å². The van der Waals surface area contributed by atoms with Crippen LogP contribution < -0.4 is 5.32 Å².